The molecule has 3 unspecified atom stereocenters. The number of anilines is 2. The molecule has 1 saturated heterocycles. The summed E-state index contributed by atoms with van der Waals surface area (Å²) in [4.78, 5) is 1.77. The van der Waals surface area contributed by atoms with Crippen LogP contribution in [0, 0.1) is 0 Å². The van der Waals surface area contributed by atoms with Crippen LogP contribution in [0.25, 0.3) is 0 Å². The van der Waals surface area contributed by atoms with Crippen molar-refractivity contribution in [1.82, 2.24) is 0 Å². The summed E-state index contributed by atoms with van der Waals surface area (Å²) in [5.74, 6) is 0. The van der Waals surface area contributed by atoms with E-state index >= 15 is 0 Å². The quantitative estimate of drug-likeness (QED) is 0.435. The van der Waals surface area contributed by atoms with Gasteiger partial charge in [-0.25, -0.2) is 0 Å². The van der Waals surface area contributed by atoms with Gasteiger partial charge in [-0.3, -0.25) is 0 Å². The van der Waals surface area contributed by atoms with Gasteiger partial charge in [-0.1, -0.05) is 0 Å². The summed E-state index contributed by atoms with van der Waals surface area (Å²) >= 11 is 0. The Morgan fingerprint density at radius 3 is 2.44 bits per heavy atom. The van der Waals surface area contributed by atoms with E-state index in [9.17, 15) is 15.3 Å². The third-order valence-corrected chi connectivity index (χ3v) is 3.18. The maximum atomic E-state index is 9.77. The predicted octanol–water partition coefficient (Wildman–Crippen LogP) is -1.16. The van der Waals surface area contributed by atoms with Gasteiger partial charge in [0.25, 0.3) is 0 Å². The molecule has 6 nitrogen and oxygen atoms in total. The highest BCUT2D eigenvalue weighted by atomic mass is 16.3. The predicted molar refractivity (Wildman–Crippen MR) is 67.1 cm³/mol. The van der Waals surface area contributed by atoms with Crippen LogP contribution in [0.5, 0.6) is 0 Å². The fourth-order valence-corrected chi connectivity index (χ4v) is 2.19. The summed E-state index contributed by atoms with van der Waals surface area (Å²) in [6.07, 6.45) is -2.64. The SMILES string of the molecule is Nc1ccc(N2CC(O)C(O)C2)c(C(O)CO)c1. The smallest absolute Gasteiger partial charge is 0.104 e. The van der Waals surface area contributed by atoms with E-state index in [1.165, 1.54) is 0 Å². The zero-order chi connectivity index (χ0) is 13.3. The molecular weight excluding hydrogens is 236 g/mol. The Labute approximate surface area is 105 Å². The average molecular weight is 254 g/mol. The highest BCUT2D eigenvalue weighted by molar-refractivity contribution is 5.61. The van der Waals surface area contributed by atoms with E-state index < -0.39 is 24.9 Å². The Hall–Kier alpha value is -1.34. The molecular formula is C12H18N2O4. The molecule has 1 aromatic rings. The van der Waals surface area contributed by atoms with Crippen LogP contribution in [0.3, 0.4) is 0 Å². The first-order valence-corrected chi connectivity index (χ1v) is 5.82. The molecule has 100 valence electrons. The van der Waals surface area contributed by atoms with E-state index in [1.54, 1.807) is 23.1 Å². The molecule has 1 fully saturated rings. The zero-order valence-corrected chi connectivity index (χ0v) is 9.90. The van der Waals surface area contributed by atoms with Gasteiger partial charge >= 0.3 is 0 Å². The molecule has 6 N–H and O–H groups in total. The van der Waals surface area contributed by atoms with Crippen LogP contribution in [0.15, 0.2) is 18.2 Å². The van der Waals surface area contributed by atoms with Crippen molar-refractivity contribution in [2.24, 2.45) is 0 Å². The van der Waals surface area contributed by atoms with Gasteiger partial charge in [-0.15, -0.1) is 0 Å². The zero-order valence-electron chi connectivity index (χ0n) is 9.90. The van der Waals surface area contributed by atoms with E-state index in [1.807, 2.05) is 0 Å². The molecule has 0 aliphatic carbocycles. The van der Waals surface area contributed by atoms with E-state index in [2.05, 4.69) is 0 Å². The van der Waals surface area contributed by atoms with Gasteiger partial charge in [0.05, 0.1) is 18.8 Å². The highest BCUT2D eigenvalue weighted by Gasteiger charge is 2.31. The van der Waals surface area contributed by atoms with Crippen LogP contribution in [-0.2, 0) is 0 Å². The monoisotopic (exact) mass is 254 g/mol. The number of rotatable bonds is 3. The van der Waals surface area contributed by atoms with E-state index in [-0.39, 0.29) is 13.1 Å². The topological polar surface area (TPSA) is 110 Å². The van der Waals surface area contributed by atoms with Crippen molar-refractivity contribution in [3.05, 3.63) is 23.8 Å². The van der Waals surface area contributed by atoms with Crippen molar-refractivity contribution in [3.63, 3.8) is 0 Å². The molecule has 3 atom stereocenters. The van der Waals surface area contributed by atoms with Gasteiger partial charge in [0.15, 0.2) is 0 Å². The summed E-state index contributed by atoms with van der Waals surface area (Å²) in [5, 5.41) is 37.9. The number of aliphatic hydroxyl groups is 4. The van der Waals surface area contributed by atoms with Crippen LogP contribution < -0.4 is 10.6 Å². The largest absolute Gasteiger partial charge is 0.399 e. The standard InChI is InChI=1S/C12H18N2O4/c13-7-1-2-9(8(3-7)12(18)6-15)14-4-10(16)11(17)5-14/h1-3,10-12,15-18H,4-6,13H2. The summed E-state index contributed by atoms with van der Waals surface area (Å²) in [5.41, 5.74) is 7.32. The molecule has 18 heavy (non-hydrogen) atoms. The molecule has 1 aromatic carbocycles. The number of nitrogen functional groups attached to an aromatic ring is 1. The molecule has 0 amide bonds. The summed E-state index contributed by atoms with van der Waals surface area (Å²) in [6.45, 7) is 0.169. The van der Waals surface area contributed by atoms with Crippen molar-refractivity contribution >= 4 is 11.4 Å². The molecule has 0 saturated carbocycles. The van der Waals surface area contributed by atoms with Gasteiger partial charge in [-0.05, 0) is 18.2 Å². The summed E-state index contributed by atoms with van der Waals surface area (Å²) in [6, 6.07) is 4.99. The number of benzene rings is 1. The van der Waals surface area contributed by atoms with Crippen LogP contribution in [-0.4, -0.2) is 52.3 Å². The number of hydrogen-bond acceptors (Lipinski definition) is 6. The number of β-amino-alcohol motifs (C(OH)–C–C–N with tert-alkyl or cyclic N) is 2. The van der Waals surface area contributed by atoms with Crippen molar-refractivity contribution in [2.45, 2.75) is 18.3 Å². The third kappa shape index (κ3) is 2.41. The van der Waals surface area contributed by atoms with Crippen LogP contribution in [0.1, 0.15) is 11.7 Å². The summed E-state index contributed by atoms with van der Waals surface area (Å²) < 4.78 is 0. The third-order valence-electron chi connectivity index (χ3n) is 3.18. The Kier molecular flexibility index (Phi) is 3.72. The number of nitrogens with two attached hydrogens (primary N) is 1. The van der Waals surface area contributed by atoms with Crippen molar-refractivity contribution in [3.8, 4) is 0 Å². The second-order valence-electron chi connectivity index (χ2n) is 4.56. The van der Waals surface area contributed by atoms with E-state index in [4.69, 9.17) is 10.8 Å². The second-order valence-corrected chi connectivity index (χ2v) is 4.56. The molecule has 1 aliphatic rings. The minimum Gasteiger partial charge on any atom is -0.399 e. The Balaban J connectivity index is 2.32. The lowest BCUT2D eigenvalue weighted by Gasteiger charge is -2.23. The number of aliphatic hydroxyl groups excluding tert-OH is 4. The van der Waals surface area contributed by atoms with E-state index in [0.29, 0.717) is 16.9 Å². The first-order valence-electron chi connectivity index (χ1n) is 5.82. The minimum atomic E-state index is -1.03. The Bertz CT molecular complexity index is 417. The second kappa shape index (κ2) is 5.11. The van der Waals surface area contributed by atoms with Gasteiger partial charge in [0.1, 0.15) is 6.10 Å². The molecule has 1 heterocycles. The molecule has 0 bridgehead atoms. The maximum absolute atomic E-state index is 9.77. The Morgan fingerprint density at radius 2 is 1.89 bits per heavy atom. The fraction of sp³-hybridized carbons (Fsp3) is 0.500. The number of hydrogen-bond donors (Lipinski definition) is 5. The van der Waals surface area contributed by atoms with Crippen LogP contribution in [0.4, 0.5) is 11.4 Å². The van der Waals surface area contributed by atoms with Crippen molar-refractivity contribution in [1.29, 1.82) is 0 Å². The first kappa shape index (κ1) is 13.1. The molecule has 2 rings (SSSR count). The Morgan fingerprint density at radius 1 is 1.28 bits per heavy atom. The summed E-state index contributed by atoms with van der Waals surface area (Å²) in [7, 11) is 0. The lowest BCUT2D eigenvalue weighted by molar-refractivity contribution is 0.0572. The minimum absolute atomic E-state index is 0.288. The molecule has 0 aromatic heterocycles. The average Bonchev–Trinajstić information content (AvgIpc) is 2.68. The van der Waals surface area contributed by atoms with Gasteiger partial charge < -0.3 is 31.1 Å². The lowest BCUT2D eigenvalue weighted by atomic mass is 10.1. The normalized spacial score (nSPS) is 25.4. The van der Waals surface area contributed by atoms with Gasteiger partial charge in [0.2, 0.25) is 0 Å². The van der Waals surface area contributed by atoms with Gasteiger partial charge in [0, 0.05) is 30.0 Å². The number of nitrogens with zero attached hydrogens (tertiary/aromatic N) is 1. The van der Waals surface area contributed by atoms with Gasteiger partial charge in [-0.2, -0.15) is 0 Å². The van der Waals surface area contributed by atoms with E-state index in [0.717, 1.165) is 0 Å². The maximum Gasteiger partial charge on any atom is 0.104 e. The van der Waals surface area contributed by atoms with Crippen molar-refractivity contribution in [2.75, 3.05) is 30.3 Å². The fourth-order valence-electron chi connectivity index (χ4n) is 2.19. The van der Waals surface area contributed by atoms with Crippen LogP contribution >= 0.6 is 0 Å². The first-order chi connectivity index (χ1) is 8.52. The molecule has 0 radical (unpaired) electrons. The molecule has 0 spiro atoms. The van der Waals surface area contributed by atoms with Crippen molar-refractivity contribution < 1.29 is 20.4 Å². The molecule has 6 heteroatoms. The lowest BCUT2D eigenvalue weighted by Crippen LogP contribution is -2.23. The molecule has 1 aliphatic heterocycles. The highest BCUT2D eigenvalue weighted by Crippen LogP contribution is 2.31. The van der Waals surface area contributed by atoms with Crippen LogP contribution in [0.2, 0.25) is 0 Å².